The number of pyridine rings is 1. The molecule has 30 heavy (non-hydrogen) atoms. The van der Waals surface area contributed by atoms with Crippen LogP contribution < -0.4 is 5.73 Å². The number of carbonyl (C=O) groups is 1. The van der Waals surface area contributed by atoms with Crippen LogP contribution in [0, 0.1) is 6.92 Å². The fraction of sp³-hybridized carbons (Fsp3) is 0.130. The van der Waals surface area contributed by atoms with Crippen molar-refractivity contribution in [1.29, 1.82) is 0 Å². The second kappa shape index (κ2) is 6.40. The van der Waals surface area contributed by atoms with Gasteiger partial charge in [0, 0.05) is 10.9 Å². The lowest BCUT2D eigenvalue weighted by molar-refractivity contribution is -0.141. The quantitative estimate of drug-likeness (QED) is 0.353. The van der Waals surface area contributed by atoms with Gasteiger partial charge in [-0.2, -0.15) is 13.2 Å². The zero-order valence-electron chi connectivity index (χ0n) is 15.8. The van der Waals surface area contributed by atoms with Gasteiger partial charge in [-0.1, -0.05) is 36.4 Å². The molecule has 1 aliphatic rings. The molecule has 0 amide bonds. The number of halogens is 3. The van der Waals surface area contributed by atoms with Crippen LogP contribution >= 0.6 is 11.3 Å². The second-order valence-corrected chi connectivity index (χ2v) is 8.38. The van der Waals surface area contributed by atoms with Gasteiger partial charge in [-0.3, -0.25) is 4.79 Å². The average molecular weight is 424 g/mol. The Morgan fingerprint density at radius 3 is 2.57 bits per heavy atom. The van der Waals surface area contributed by atoms with Gasteiger partial charge in [-0.15, -0.1) is 11.3 Å². The molecule has 7 heteroatoms. The van der Waals surface area contributed by atoms with Crippen molar-refractivity contribution in [2.24, 2.45) is 0 Å². The Kier molecular flexibility index (Phi) is 4.02. The molecule has 0 saturated carbocycles. The summed E-state index contributed by atoms with van der Waals surface area (Å²) in [5, 5.41) is 0.407. The van der Waals surface area contributed by atoms with Crippen LogP contribution in [-0.2, 0) is 12.6 Å². The van der Waals surface area contributed by atoms with E-state index in [4.69, 9.17) is 5.73 Å². The number of aromatic nitrogens is 1. The van der Waals surface area contributed by atoms with Crippen molar-refractivity contribution in [2.45, 2.75) is 19.5 Å². The number of thiophene rings is 1. The molecule has 0 unspecified atom stereocenters. The number of rotatable bonds is 2. The number of anilines is 1. The lowest BCUT2D eigenvalue weighted by Gasteiger charge is -2.07. The van der Waals surface area contributed by atoms with Crippen LogP contribution in [0.2, 0.25) is 0 Å². The highest BCUT2D eigenvalue weighted by Gasteiger charge is 2.34. The van der Waals surface area contributed by atoms with Gasteiger partial charge in [-0.25, -0.2) is 4.98 Å². The summed E-state index contributed by atoms with van der Waals surface area (Å²) in [5.41, 5.74) is 10.7. The number of fused-ring (bicyclic) bond motifs is 4. The normalized spacial score (nSPS) is 12.8. The smallest absolute Gasteiger partial charge is 0.397 e. The average Bonchev–Trinajstić information content (AvgIpc) is 3.24. The number of aryl methyl sites for hydroxylation is 1. The van der Waals surface area contributed by atoms with E-state index in [1.807, 2.05) is 24.3 Å². The van der Waals surface area contributed by atoms with Gasteiger partial charge in [0.1, 0.15) is 15.4 Å². The molecular formula is C23H15F3N2OS. The predicted octanol–water partition coefficient (Wildman–Crippen LogP) is 6.01. The van der Waals surface area contributed by atoms with Crippen molar-refractivity contribution >= 4 is 33.0 Å². The van der Waals surface area contributed by atoms with E-state index in [0.29, 0.717) is 16.5 Å². The van der Waals surface area contributed by atoms with Gasteiger partial charge in [0.15, 0.2) is 0 Å². The van der Waals surface area contributed by atoms with Crippen molar-refractivity contribution in [3.8, 4) is 11.1 Å². The monoisotopic (exact) mass is 424 g/mol. The third-order valence-corrected chi connectivity index (χ3v) is 6.55. The van der Waals surface area contributed by atoms with Gasteiger partial charge in [0.05, 0.1) is 5.69 Å². The lowest BCUT2D eigenvalue weighted by Crippen LogP contribution is -2.08. The Labute approximate surface area is 174 Å². The highest BCUT2D eigenvalue weighted by atomic mass is 32.1. The first-order valence-corrected chi connectivity index (χ1v) is 10.1. The number of hydrogen-bond acceptors (Lipinski definition) is 4. The summed E-state index contributed by atoms with van der Waals surface area (Å²) < 4.78 is 39.3. The molecule has 0 radical (unpaired) electrons. The maximum Gasteiger partial charge on any atom is 0.433 e. The van der Waals surface area contributed by atoms with E-state index in [2.05, 4.69) is 17.1 Å². The van der Waals surface area contributed by atoms with E-state index in [1.165, 1.54) is 5.56 Å². The molecule has 150 valence electrons. The van der Waals surface area contributed by atoms with Crippen LogP contribution in [0.5, 0.6) is 0 Å². The largest absolute Gasteiger partial charge is 0.433 e. The molecule has 0 bridgehead atoms. The van der Waals surface area contributed by atoms with E-state index in [9.17, 15) is 18.0 Å². The van der Waals surface area contributed by atoms with Crippen molar-refractivity contribution < 1.29 is 18.0 Å². The minimum atomic E-state index is -4.56. The molecule has 1 aliphatic carbocycles. The maximum absolute atomic E-state index is 13.2. The van der Waals surface area contributed by atoms with Crippen LogP contribution in [0.15, 0.2) is 48.5 Å². The first-order valence-electron chi connectivity index (χ1n) is 9.27. The number of nitrogens with two attached hydrogens (primary N) is 1. The second-order valence-electron chi connectivity index (χ2n) is 7.38. The van der Waals surface area contributed by atoms with E-state index in [-0.39, 0.29) is 21.2 Å². The van der Waals surface area contributed by atoms with Crippen molar-refractivity contribution in [3.63, 3.8) is 0 Å². The molecule has 2 N–H and O–H groups in total. The minimum absolute atomic E-state index is 0.122. The number of hydrogen-bond donors (Lipinski definition) is 1. The van der Waals surface area contributed by atoms with Crippen LogP contribution in [0.25, 0.3) is 21.3 Å². The number of ketones is 1. The Balaban J connectivity index is 1.58. The molecule has 0 fully saturated rings. The molecule has 5 rings (SSSR count). The van der Waals surface area contributed by atoms with E-state index >= 15 is 0 Å². The topological polar surface area (TPSA) is 56.0 Å². The Morgan fingerprint density at radius 1 is 1.07 bits per heavy atom. The molecule has 2 aromatic carbocycles. The van der Waals surface area contributed by atoms with Gasteiger partial charge in [-0.05, 0) is 53.3 Å². The molecular weight excluding hydrogens is 409 g/mol. The summed E-state index contributed by atoms with van der Waals surface area (Å²) >= 11 is 0.906. The number of benzene rings is 2. The molecule has 0 saturated heterocycles. The summed E-state index contributed by atoms with van der Waals surface area (Å²) in [6.45, 7) is 1.54. The Bertz CT molecular complexity index is 1350. The van der Waals surface area contributed by atoms with Crippen molar-refractivity contribution in [3.05, 3.63) is 81.4 Å². The minimum Gasteiger partial charge on any atom is -0.397 e. The Hall–Kier alpha value is -3.19. The summed E-state index contributed by atoms with van der Waals surface area (Å²) in [5.74, 6) is -0.304. The zero-order valence-corrected chi connectivity index (χ0v) is 16.6. The standard InChI is InChI=1S/C23H15F3N2OS/c1-11-8-17(23(24,25)26)28-22-18(11)19(27)21(30-22)20(29)13-6-7-16-14(10-13)9-12-4-2-3-5-15(12)16/h2-8,10H,9,27H2,1H3. The fourth-order valence-corrected chi connectivity index (χ4v) is 5.17. The third kappa shape index (κ3) is 2.81. The van der Waals surface area contributed by atoms with Gasteiger partial charge >= 0.3 is 6.18 Å². The third-order valence-electron chi connectivity index (χ3n) is 5.45. The van der Waals surface area contributed by atoms with Crippen LogP contribution in [0.1, 0.15) is 37.6 Å². The fourth-order valence-electron chi connectivity index (χ4n) is 4.04. The van der Waals surface area contributed by atoms with Gasteiger partial charge in [0.2, 0.25) is 5.78 Å². The number of nitrogen functional groups attached to an aromatic ring is 1. The number of nitrogens with zero attached hydrogens (tertiary/aromatic N) is 1. The predicted molar refractivity (Wildman–Crippen MR) is 112 cm³/mol. The van der Waals surface area contributed by atoms with Gasteiger partial charge in [0.25, 0.3) is 0 Å². The van der Waals surface area contributed by atoms with E-state index in [1.54, 1.807) is 13.0 Å². The van der Waals surface area contributed by atoms with Crippen LogP contribution in [-0.4, -0.2) is 10.8 Å². The number of alkyl halides is 3. The van der Waals surface area contributed by atoms with Gasteiger partial charge < -0.3 is 5.73 Å². The molecule has 2 heterocycles. The van der Waals surface area contributed by atoms with Crippen molar-refractivity contribution in [2.75, 3.05) is 5.73 Å². The maximum atomic E-state index is 13.2. The molecule has 0 spiro atoms. The van der Waals surface area contributed by atoms with Crippen LogP contribution in [0.4, 0.5) is 18.9 Å². The summed E-state index contributed by atoms with van der Waals surface area (Å²) in [6, 6.07) is 14.6. The molecule has 2 aromatic heterocycles. The highest BCUT2D eigenvalue weighted by Crippen LogP contribution is 2.40. The summed E-state index contributed by atoms with van der Waals surface area (Å²) in [6.07, 6.45) is -3.82. The summed E-state index contributed by atoms with van der Waals surface area (Å²) in [4.78, 5) is 17.2. The van der Waals surface area contributed by atoms with E-state index in [0.717, 1.165) is 40.5 Å². The SMILES string of the molecule is Cc1cc(C(F)(F)F)nc2sc(C(=O)c3ccc4c(c3)Cc3ccccc3-4)c(N)c12. The number of carbonyl (C=O) groups excluding carboxylic acids is 1. The first kappa shape index (κ1) is 18.8. The molecule has 4 aromatic rings. The van der Waals surface area contributed by atoms with Crippen LogP contribution in [0.3, 0.4) is 0 Å². The highest BCUT2D eigenvalue weighted by molar-refractivity contribution is 7.21. The molecule has 0 aliphatic heterocycles. The summed E-state index contributed by atoms with van der Waals surface area (Å²) in [7, 11) is 0. The Morgan fingerprint density at radius 2 is 1.80 bits per heavy atom. The van der Waals surface area contributed by atoms with E-state index < -0.39 is 11.9 Å². The first-order chi connectivity index (χ1) is 14.2. The van der Waals surface area contributed by atoms with Crippen molar-refractivity contribution in [1.82, 2.24) is 4.98 Å². The lowest BCUT2D eigenvalue weighted by atomic mass is 10.0. The zero-order chi connectivity index (χ0) is 21.2. The molecule has 3 nitrogen and oxygen atoms in total. The molecule has 0 atom stereocenters.